The van der Waals surface area contributed by atoms with E-state index in [1.807, 2.05) is 0 Å². The van der Waals surface area contributed by atoms with E-state index >= 15 is 0 Å². The minimum absolute atomic E-state index is 0.367. The van der Waals surface area contributed by atoms with Crippen LogP contribution in [0.15, 0.2) is 60.7 Å². The minimum Gasteiger partial charge on any atom is -0.366 e. The van der Waals surface area contributed by atoms with Crippen LogP contribution in [-0.4, -0.2) is 19.7 Å². The smallest absolute Gasteiger partial charge is 0.119 e. The van der Waals surface area contributed by atoms with E-state index in [2.05, 4.69) is 72.9 Å². The molecule has 0 bridgehead atoms. The lowest BCUT2D eigenvalue weighted by atomic mass is 9.83. The summed E-state index contributed by atoms with van der Waals surface area (Å²) in [5, 5.41) is 3.62. The first-order valence-corrected chi connectivity index (χ1v) is 8.81. The summed E-state index contributed by atoms with van der Waals surface area (Å²) in [4.78, 5) is 0. The van der Waals surface area contributed by atoms with E-state index < -0.39 is 0 Å². The minimum atomic E-state index is -0.367. The molecule has 3 rings (SSSR count). The lowest BCUT2D eigenvalue weighted by Gasteiger charge is -2.35. The number of hydrogen-bond donors (Lipinski definition) is 1. The van der Waals surface area contributed by atoms with Gasteiger partial charge in [-0.05, 0) is 56.3 Å². The van der Waals surface area contributed by atoms with Crippen molar-refractivity contribution in [1.82, 2.24) is 5.32 Å². The lowest BCUT2D eigenvalue weighted by Crippen LogP contribution is -2.35. The van der Waals surface area contributed by atoms with Gasteiger partial charge < -0.3 is 10.1 Å². The van der Waals surface area contributed by atoms with E-state index in [-0.39, 0.29) is 5.60 Å². The van der Waals surface area contributed by atoms with Gasteiger partial charge in [-0.3, -0.25) is 0 Å². The summed E-state index contributed by atoms with van der Waals surface area (Å²) in [6.45, 7) is 4.90. The second-order valence-corrected chi connectivity index (χ2v) is 6.39. The molecule has 1 aliphatic rings. The molecule has 0 amide bonds. The van der Waals surface area contributed by atoms with Crippen molar-refractivity contribution in [2.45, 2.75) is 31.8 Å². The molecular formula is C21H27NO. The predicted molar refractivity (Wildman–Crippen MR) is 95.5 cm³/mol. The van der Waals surface area contributed by atoms with Crippen molar-refractivity contribution in [3.05, 3.63) is 71.8 Å². The maximum absolute atomic E-state index is 6.38. The Kier molecular flexibility index (Phi) is 5.47. The Labute approximate surface area is 139 Å². The van der Waals surface area contributed by atoms with Crippen LogP contribution in [0.2, 0.25) is 0 Å². The van der Waals surface area contributed by atoms with Gasteiger partial charge in [0.2, 0.25) is 0 Å². The molecule has 0 unspecified atom stereocenters. The fourth-order valence-corrected chi connectivity index (χ4v) is 3.25. The zero-order valence-corrected chi connectivity index (χ0v) is 14.0. The molecule has 0 aliphatic heterocycles. The number of benzene rings is 2. The maximum atomic E-state index is 6.38. The summed E-state index contributed by atoms with van der Waals surface area (Å²) >= 11 is 0. The molecule has 1 N–H and O–H groups in total. The Morgan fingerprint density at radius 2 is 1.52 bits per heavy atom. The van der Waals surface area contributed by atoms with Gasteiger partial charge in [-0.2, -0.15) is 0 Å². The molecule has 0 atom stereocenters. The average molecular weight is 309 g/mol. The Bertz CT molecular complexity index is 538. The number of hydrogen-bond acceptors (Lipinski definition) is 2. The molecule has 2 aromatic carbocycles. The molecule has 2 nitrogen and oxygen atoms in total. The normalized spacial score (nSPS) is 14.8. The molecule has 2 aromatic rings. The van der Waals surface area contributed by atoms with Gasteiger partial charge in [-0.25, -0.2) is 0 Å². The molecule has 0 aromatic heterocycles. The van der Waals surface area contributed by atoms with Crippen LogP contribution >= 0.6 is 0 Å². The molecule has 0 heterocycles. The second kappa shape index (κ2) is 7.76. The van der Waals surface area contributed by atoms with E-state index in [0.717, 1.165) is 25.4 Å². The van der Waals surface area contributed by atoms with Crippen LogP contribution in [0.1, 0.15) is 37.3 Å². The van der Waals surface area contributed by atoms with Crippen molar-refractivity contribution < 1.29 is 4.74 Å². The van der Waals surface area contributed by atoms with Crippen LogP contribution in [0.5, 0.6) is 0 Å². The summed E-state index contributed by atoms with van der Waals surface area (Å²) < 4.78 is 6.38. The summed E-state index contributed by atoms with van der Waals surface area (Å²) in [6, 6.07) is 21.3. The van der Waals surface area contributed by atoms with Gasteiger partial charge in [0.25, 0.3) is 0 Å². The van der Waals surface area contributed by atoms with Crippen molar-refractivity contribution in [2.75, 3.05) is 19.7 Å². The first-order valence-electron chi connectivity index (χ1n) is 8.81. The number of rotatable bonds is 9. The van der Waals surface area contributed by atoms with E-state index in [4.69, 9.17) is 4.74 Å². The molecule has 0 spiro atoms. The fraction of sp³-hybridized carbons (Fsp3) is 0.429. The highest BCUT2D eigenvalue weighted by atomic mass is 16.5. The molecule has 2 heteroatoms. The summed E-state index contributed by atoms with van der Waals surface area (Å²) in [5.74, 6) is 0.907. The van der Waals surface area contributed by atoms with Gasteiger partial charge in [-0.15, -0.1) is 0 Å². The molecule has 1 saturated carbocycles. The topological polar surface area (TPSA) is 21.3 Å². The van der Waals surface area contributed by atoms with E-state index in [1.165, 1.54) is 24.0 Å². The van der Waals surface area contributed by atoms with Gasteiger partial charge in [0.15, 0.2) is 0 Å². The highest BCUT2D eigenvalue weighted by molar-refractivity contribution is 5.36. The zero-order chi connectivity index (χ0) is 16.0. The Balaban J connectivity index is 1.85. The van der Waals surface area contributed by atoms with Crippen molar-refractivity contribution in [2.24, 2.45) is 5.92 Å². The maximum Gasteiger partial charge on any atom is 0.119 e. The SMILES string of the molecule is CCOC(CCNCC1CC1)(c1ccccc1)c1ccccc1. The van der Waals surface area contributed by atoms with Crippen molar-refractivity contribution in [1.29, 1.82) is 0 Å². The van der Waals surface area contributed by atoms with Gasteiger partial charge >= 0.3 is 0 Å². The van der Waals surface area contributed by atoms with Crippen LogP contribution in [-0.2, 0) is 10.3 Å². The number of nitrogens with one attached hydrogen (secondary N) is 1. The quantitative estimate of drug-likeness (QED) is 0.695. The second-order valence-electron chi connectivity index (χ2n) is 6.39. The summed E-state index contributed by atoms with van der Waals surface area (Å²) in [6.07, 6.45) is 3.73. The molecule has 23 heavy (non-hydrogen) atoms. The molecular weight excluding hydrogens is 282 g/mol. The molecule has 1 fully saturated rings. The monoisotopic (exact) mass is 309 g/mol. The highest BCUT2D eigenvalue weighted by Crippen LogP contribution is 2.37. The van der Waals surface area contributed by atoms with Crippen molar-refractivity contribution in [3.8, 4) is 0 Å². The third-order valence-corrected chi connectivity index (χ3v) is 4.65. The van der Waals surface area contributed by atoms with Gasteiger partial charge in [0, 0.05) is 6.61 Å². The van der Waals surface area contributed by atoms with Crippen LogP contribution in [0.4, 0.5) is 0 Å². The van der Waals surface area contributed by atoms with Crippen LogP contribution in [0, 0.1) is 5.92 Å². The standard InChI is InChI=1S/C21H27NO/c1-2-23-21(19-9-5-3-6-10-19,20-11-7-4-8-12-20)15-16-22-17-18-13-14-18/h3-12,18,22H,2,13-17H2,1H3. The van der Waals surface area contributed by atoms with Crippen molar-refractivity contribution >= 4 is 0 Å². The fourth-order valence-electron chi connectivity index (χ4n) is 3.25. The Morgan fingerprint density at radius 1 is 0.957 bits per heavy atom. The third kappa shape index (κ3) is 4.01. The lowest BCUT2D eigenvalue weighted by molar-refractivity contribution is -0.0172. The highest BCUT2D eigenvalue weighted by Gasteiger charge is 2.34. The van der Waals surface area contributed by atoms with Crippen molar-refractivity contribution in [3.63, 3.8) is 0 Å². The molecule has 1 aliphatic carbocycles. The van der Waals surface area contributed by atoms with Crippen LogP contribution in [0.25, 0.3) is 0 Å². The summed E-state index contributed by atoms with van der Waals surface area (Å²) in [7, 11) is 0. The summed E-state index contributed by atoms with van der Waals surface area (Å²) in [5.41, 5.74) is 2.11. The van der Waals surface area contributed by atoms with Gasteiger partial charge in [0.1, 0.15) is 5.60 Å². The van der Waals surface area contributed by atoms with Crippen LogP contribution < -0.4 is 5.32 Å². The predicted octanol–water partition coefficient (Wildman–Crippen LogP) is 4.36. The van der Waals surface area contributed by atoms with E-state index in [9.17, 15) is 0 Å². The number of ether oxygens (including phenoxy) is 1. The Morgan fingerprint density at radius 3 is 2.00 bits per heavy atom. The third-order valence-electron chi connectivity index (χ3n) is 4.65. The molecule has 122 valence electrons. The van der Waals surface area contributed by atoms with E-state index in [1.54, 1.807) is 0 Å². The Hall–Kier alpha value is -1.64. The first-order chi connectivity index (χ1) is 11.3. The zero-order valence-electron chi connectivity index (χ0n) is 14.0. The molecule has 0 radical (unpaired) electrons. The van der Waals surface area contributed by atoms with E-state index in [0.29, 0.717) is 6.61 Å². The largest absolute Gasteiger partial charge is 0.366 e. The first kappa shape index (κ1) is 16.2. The van der Waals surface area contributed by atoms with Gasteiger partial charge in [-0.1, -0.05) is 60.7 Å². The van der Waals surface area contributed by atoms with Gasteiger partial charge in [0.05, 0.1) is 0 Å². The van der Waals surface area contributed by atoms with Crippen LogP contribution in [0.3, 0.4) is 0 Å². The molecule has 0 saturated heterocycles. The average Bonchev–Trinajstić information content (AvgIpc) is 3.44.